The second-order valence-corrected chi connectivity index (χ2v) is 3.80. The molecule has 0 heterocycles. The fourth-order valence-electron chi connectivity index (χ4n) is 0.965. The average Bonchev–Trinajstić information content (AvgIpc) is 2.03. The van der Waals surface area contributed by atoms with Gasteiger partial charge in [-0.3, -0.25) is 0 Å². The van der Waals surface area contributed by atoms with Crippen molar-refractivity contribution in [3.8, 4) is 0 Å². The van der Waals surface area contributed by atoms with Crippen LogP contribution in [0, 0.1) is 0 Å². The van der Waals surface area contributed by atoms with Crippen LogP contribution >= 0.6 is 0 Å². The third-order valence-corrected chi connectivity index (χ3v) is 2.11. The van der Waals surface area contributed by atoms with Crippen LogP contribution in [-0.4, -0.2) is 15.6 Å². The predicted octanol–water partition coefficient (Wildman–Crippen LogP) is 0.511. The summed E-state index contributed by atoms with van der Waals surface area (Å²) in [4.78, 5) is 10.7. The van der Waals surface area contributed by atoms with Gasteiger partial charge in [0.05, 0.1) is 10.2 Å². The Morgan fingerprint density at radius 3 is 2.45 bits per heavy atom. The number of rotatable bonds is 3. The first-order valence-corrected chi connectivity index (χ1v) is 4.82. The van der Waals surface area contributed by atoms with Gasteiger partial charge < -0.3 is 4.79 Å². The molecule has 0 saturated carbocycles. The van der Waals surface area contributed by atoms with Gasteiger partial charge in [-0.05, 0) is 12.0 Å². The molecule has 0 N–H and O–H groups in total. The van der Waals surface area contributed by atoms with Gasteiger partial charge in [-0.15, -0.1) is 0 Å². The minimum absolute atomic E-state index is 0.397. The number of carbonyl (C=O) groups excluding carboxylic acids is 1. The maximum atomic E-state index is 10.7. The average molecular weight is 164 g/mol. The number of carbonyl (C=O) groups is 1. The molecule has 0 aliphatic carbocycles. The Balaban J connectivity index is 2.45. The van der Waals surface area contributed by atoms with Crippen LogP contribution in [0.1, 0.15) is 12.0 Å². The molecule has 2 heteroatoms. The first-order valence-electron chi connectivity index (χ1n) is 3.82. The lowest BCUT2D eigenvalue weighted by Gasteiger charge is -1.96. The molecule has 0 aliphatic rings. The maximum absolute atomic E-state index is 10.7. The van der Waals surface area contributed by atoms with E-state index < -0.39 is 0 Å². The van der Waals surface area contributed by atoms with E-state index >= 15 is 0 Å². The molecule has 0 spiro atoms. The molecule has 1 nitrogen and oxygen atoms in total. The number of hydrogen-bond donors (Lipinski definition) is 0. The van der Waals surface area contributed by atoms with Gasteiger partial charge >= 0.3 is 0 Å². The Kier molecular flexibility index (Phi) is 3.05. The Morgan fingerprint density at radius 2 is 1.91 bits per heavy atom. The monoisotopic (exact) mass is 164 g/mol. The molecule has 0 bridgehead atoms. The molecule has 1 aromatic rings. The van der Waals surface area contributed by atoms with E-state index in [2.05, 4.69) is 12.1 Å². The summed E-state index contributed by atoms with van der Waals surface area (Å²) in [5.41, 5.74) is 1.26. The summed E-state index contributed by atoms with van der Waals surface area (Å²) in [6, 6.07) is 10.1. The van der Waals surface area contributed by atoms with Crippen molar-refractivity contribution in [3.63, 3.8) is 0 Å². The van der Waals surface area contributed by atoms with Crippen molar-refractivity contribution >= 4 is 15.6 Å². The van der Waals surface area contributed by atoms with Crippen LogP contribution in [0.15, 0.2) is 30.3 Å². The molecule has 58 valence electrons. The largest absolute Gasteiger partial charge is 0.307 e. The van der Waals surface area contributed by atoms with E-state index in [1.165, 1.54) is 5.56 Å². The molecule has 0 amide bonds. The second-order valence-electron chi connectivity index (χ2n) is 2.69. The minimum atomic E-state index is 0.397. The lowest BCUT2D eigenvalue weighted by Crippen LogP contribution is -1.97. The molecule has 0 atom stereocenters. The summed E-state index contributed by atoms with van der Waals surface area (Å²) in [6.45, 7) is 0. The van der Waals surface area contributed by atoms with Gasteiger partial charge in [-0.1, -0.05) is 30.3 Å². The first-order chi connectivity index (χ1) is 5.29. The molecule has 0 aliphatic heterocycles. The molecule has 0 fully saturated rings. The third kappa shape index (κ3) is 3.14. The van der Waals surface area contributed by atoms with Crippen LogP contribution in [0.3, 0.4) is 0 Å². The topological polar surface area (TPSA) is 17.1 Å². The highest BCUT2D eigenvalue weighted by Crippen LogP contribution is 2.01. The quantitative estimate of drug-likeness (QED) is 0.595. The SMILES string of the molecule is O=C([SiH3])CCc1ccccc1. The van der Waals surface area contributed by atoms with E-state index in [4.69, 9.17) is 0 Å². The van der Waals surface area contributed by atoms with Crippen LogP contribution in [0.2, 0.25) is 0 Å². The van der Waals surface area contributed by atoms with Crippen molar-refractivity contribution in [2.45, 2.75) is 12.8 Å². The zero-order valence-electron chi connectivity index (χ0n) is 6.71. The minimum Gasteiger partial charge on any atom is -0.307 e. The number of hydrogen-bond acceptors (Lipinski definition) is 1. The van der Waals surface area contributed by atoms with E-state index in [0.29, 0.717) is 15.6 Å². The molecule has 1 rings (SSSR count). The Hall–Kier alpha value is -0.893. The van der Waals surface area contributed by atoms with E-state index in [0.717, 1.165) is 12.8 Å². The van der Waals surface area contributed by atoms with E-state index in [-0.39, 0.29) is 0 Å². The van der Waals surface area contributed by atoms with Crippen molar-refractivity contribution in [1.29, 1.82) is 0 Å². The summed E-state index contributed by atoms with van der Waals surface area (Å²) < 4.78 is 0. The highest BCUT2D eigenvalue weighted by molar-refractivity contribution is 6.57. The van der Waals surface area contributed by atoms with E-state index in [1.54, 1.807) is 0 Å². The van der Waals surface area contributed by atoms with Gasteiger partial charge in [0.25, 0.3) is 0 Å². The van der Waals surface area contributed by atoms with Gasteiger partial charge in [-0.25, -0.2) is 0 Å². The van der Waals surface area contributed by atoms with Crippen LogP contribution < -0.4 is 0 Å². The molecule has 0 saturated heterocycles. The number of aryl methyl sites for hydroxylation is 1. The van der Waals surface area contributed by atoms with Crippen LogP contribution in [0.4, 0.5) is 0 Å². The predicted molar refractivity (Wildman–Crippen MR) is 49.7 cm³/mol. The van der Waals surface area contributed by atoms with Crippen molar-refractivity contribution in [2.75, 3.05) is 0 Å². The molecular weight excluding hydrogens is 152 g/mol. The third-order valence-electron chi connectivity index (χ3n) is 1.61. The fraction of sp³-hybridized carbons (Fsp3) is 0.222. The summed E-state index contributed by atoms with van der Waals surface area (Å²) in [6.07, 6.45) is 1.62. The highest BCUT2D eigenvalue weighted by atomic mass is 28.1. The van der Waals surface area contributed by atoms with Gasteiger partial charge in [0.15, 0.2) is 0 Å². The smallest absolute Gasteiger partial charge is 0.101 e. The molecule has 0 unspecified atom stereocenters. The first kappa shape index (κ1) is 8.21. The molecular formula is C9H12OSi. The Labute approximate surface area is 69.9 Å². The van der Waals surface area contributed by atoms with Crippen LogP contribution in [-0.2, 0) is 11.2 Å². The second kappa shape index (κ2) is 4.08. The summed E-state index contributed by atoms with van der Waals surface area (Å²) >= 11 is 0. The molecule has 0 aromatic heterocycles. The summed E-state index contributed by atoms with van der Waals surface area (Å²) in [7, 11) is 0.691. The fourth-order valence-corrected chi connectivity index (χ4v) is 1.22. The van der Waals surface area contributed by atoms with Gasteiger partial charge in [-0.2, -0.15) is 0 Å². The van der Waals surface area contributed by atoms with E-state index in [1.807, 2.05) is 18.2 Å². The lowest BCUT2D eigenvalue weighted by atomic mass is 10.1. The zero-order valence-corrected chi connectivity index (χ0v) is 8.71. The zero-order chi connectivity index (χ0) is 8.10. The van der Waals surface area contributed by atoms with Crippen molar-refractivity contribution in [3.05, 3.63) is 35.9 Å². The van der Waals surface area contributed by atoms with Crippen LogP contribution in [0.25, 0.3) is 0 Å². The van der Waals surface area contributed by atoms with Crippen molar-refractivity contribution in [2.24, 2.45) is 0 Å². The normalized spacial score (nSPS) is 9.82. The number of benzene rings is 1. The van der Waals surface area contributed by atoms with Gasteiger partial charge in [0, 0.05) is 6.42 Å². The van der Waals surface area contributed by atoms with Crippen LogP contribution in [0.5, 0.6) is 0 Å². The Bertz CT molecular complexity index is 231. The standard InChI is InChI=1S/C9H12OSi/c10-9(11)7-6-8-4-2-1-3-5-8/h1-5H,6-7H2,11H3. The van der Waals surface area contributed by atoms with Crippen molar-refractivity contribution < 1.29 is 4.79 Å². The summed E-state index contributed by atoms with van der Waals surface area (Å²) in [5.74, 6) is 0. The maximum Gasteiger partial charge on any atom is 0.101 e. The molecule has 0 radical (unpaired) electrons. The summed E-state index contributed by atoms with van der Waals surface area (Å²) in [5, 5.41) is 0.397. The van der Waals surface area contributed by atoms with E-state index in [9.17, 15) is 4.79 Å². The molecule has 11 heavy (non-hydrogen) atoms. The van der Waals surface area contributed by atoms with Crippen molar-refractivity contribution in [1.82, 2.24) is 0 Å². The van der Waals surface area contributed by atoms with Gasteiger partial charge in [0.2, 0.25) is 0 Å². The Morgan fingerprint density at radius 1 is 1.27 bits per heavy atom. The van der Waals surface area contributed by atoms with Gasteiger partial charge in [0.1, 0.15) is 5.41 Å². The molecule has 1 aromatic carbocycles. The highest BCUT2D eigenvalue weighted by Gasteiger charge is 1.93. The lowest BCUT2D eigenvalue weighted by molar-refractivity contribution is -0.111.